The summed E-state index contributed by atoms with van der Waals surface area (Å²) in [6.07, 6.45) is 1.27. The van der Waals surface area contributed by atoms with Gasteiger partial charge in [-0.05, 0) is 13.3 Å². The van der Waals surface area contributed by atoms with Crippen molar-refractivity contribution in [1.29, 1.82) is 0 Å². The largest absolute Gasteiger partial charge is 0.469 e. The maximum atomic E-state index is 11.7. The van der Waals surface area contributed by atoms with Gasteiger partial charge in [-0.3, -0.25) is 4.79 Å². The van der Waals surface area contributed by atoms with E-state index < -0.39 is 11.2 Å². The SMILES string of the molecule is COC(=O)C1(C)CC(C)C(OC)(OC)C1. The van der Waals surface area contributed by atoms with Gasteiger partial charge in [0.2, 0.25) is 0 Å². The maximum absolute atomic E-state index is 11.7. The van der Waals surface area contributed by atoms with E-state index in [1.807, 2.05) is 13.8 Å². The number of methoxy groups -OCH3 is 3. The smallest absolute Gasteiger partial charge is 0.311 e. The van der Waals surface area contributed by atoms with Crippen LogP contribution in [0, 0.1) is 11.3 Å². The van der Waals surface area contributed by atoms with E-state index in [9.17, 15) is 4.79 Å². The fourth-order valence-corrected chi connectivity index (χ4v) is 2.65. The number of carbonyl (C=O) groups excluding carboxylic acids is 1. The lowest BCUT2D eigenvalue weighted by molar-refractivity contribution is -0.228. The second kappa shape index (κ2) is 4.10. The predicted octanol–water partition coefficient (Wildman–Crippen LogP) is 1.58. The van der Waals surface area contributed by atoms with Gasteiger partial charge < -0.3 is 14.2 Å². The van der Waals surface area contributed by atoms with Crippen LogP contribution in [-0.4, -0.2) is 33.1 Å². The third kappa shape index (κ3) is 1.88. The normalized spacial score (nSPS) is 34.1. The number of esters is 1. The zero-order chi connectivity index (χ0) is 11.7. The molecule has 0 aromatic rings. The minimum absolute atomic E-state index is 0.177. The van der Waals surface area contributed by atoms with Crippen LogP contribution in [0.4, 0.5) is 0 Å². The van der Waals surface area contributed by atoms with Gasteiger partial charge in [0, 0.05) is 26.6 Å². The molecule has 4 heteroatoms. The van der Waals surface area contributed by atoms with Gasteiger partial charge in [0.1, 0.15) is 0 Å². The summed E-state index contributed by atoms with van der Waals surface area (Å²) in [4.78, 5) is 11.7. The highest BCUT2D eigenvalue weighted by molar-refractivity contribution is 5.76. The Morgan fingerprint density at radius 2 is 1.80 bits per heavy atom. The van der Waals surface area contributed by atoms with Crippen molar-refractivity contribution in [2.24, 2.45) is 11.3 Å². The number of rotatable bonds is 3. The molecule has 1 aliphatic rings. The van der Waals surface area contributed by atoms with Crippen LogP contribution in [0.1, 0.15) is 26.7 Å². The molecule has 0 N–H and O–H groups in total. The summed E-state index contributed by atoms with van der Waals surface area (Å²) >= 11 is 0. The number of hydrogen-bond donors (Lipinski definition) is 0. The number of ether oxygens (including phenoxy) is 3. The zero-order valence-corrected chi connectivity index (χ0v) is 10.1. The molecule has 2 atom stereocenters. The second-order valence-corrected chi connectivity index (χ2v) is 4.55. The molecule has 0 aromatic carbocycles. The summed E-state index contributed by atoms with van der Waals surface area (Å²) < 4.78 is 15.7. The van der Waals surface area contributed by atoms with Crippen LogP contribution in [0.25, 0.3) is 0 Å². The Hall–Kier alpha value is -0.610. The average Bonchev–Trinajstić information content (AvgIpc) is 2.50. The first-order valence-electron chi connectivity index (χ1n) is 5.13. The Kier molecular flexibility index (Phi) is 3.41. The number of hydrogen-bond acceptors (Lipinski definition) is 4. The van der Waals surface area contributed by atoms with Gasteiger partial charge in [-0.25, -0.2) is 0 Å². The molecule has 0 spiro atoms. The van der Waals surface area contributed by atoms with Crippen LogP contribution in [0.15, 0.2) is 0 Å². The molecule has 0 radical (unpaired) electrons. The van der Waals surface area contributed by atoms with E-state index in [0.717, 1.165) is 6.42 Å². The highest BCUT2D eigenvalue weighted by Gasteiger charge is 2.55. The molecule has 0 aromatic heterocycles. The molecule has 2 unspecified atom stereocenters. The van der Waals surface area contributed by atoms with Crippen molar-refractivity contribution in [3.05, 3.63) is 0 Å². The van der Waals surface area contributed by atoms with Crippen molar-refractivity contribution in [2.45, 2.75) is 32.5 Å². The lowest BCUT2D eigenvalue weighted by atomic mass is 9.88. The van der Waals surface area contributed by atoms with Crippen molar-refractivity contribution < 1.29 is 19.0 Å². The van der Waals surface area contributed by atoms with Gasteiger partial charge >= 0.3 is 5.97 Å². The standard InChI is InChI=1S/C11H20O4/c1-8-6-10(2,9(12)13-3)7-11(8,14-4)15-5/h8H,6-7H2,1-5H3. The quantitative estimate of drug-likeness (QED) is 0.531. The van der Waals surface area contributed by atoms with Crippen LogP contribution in [0.5, 0.6) is 0 Å². The van der Waals surface area contributed by atoms with Crippen molar-refractivity contribution in [3.63, 3.8) is 0 Å². The van der Waals surface area contributed by atoms with Gasteiger partial charge in [-0.2, -0.15) is 0 Å². The summed E-state index contributed by atoms with van der Waals surface area (Å²) in [5.74, 6) is -0.662. The minimum atomic E-state index is -0.650. The summed E-state index contributed by atoms with van der Waals surface area (Å²) in [7, 11) is 4.64. The van der Waals surface area contributed by atoms with Gasteiger partial charge in [-0.1, -0.05) is 6.92 Å². The Morgan fingerprint density at radius 1 is 1.27 bits per heavy atom. The maximum Gasteiger partial charge on any atom is 0.311 e. The Morgan fingerprint density at radius 3 is 2.13 bits per heavy atom. The molecule has 15 heavy (non-hydrogen) atoms. The first-order chi connectivity index (χ1) is 6.94. The molecule has 0 aliphatic heterocycles. The van der Waals surface area contributed by atoms with E-state index in [4.69, 9.17) is 14.2 Å². The van der Waals surface area contributed by atoms with Gasteiger partial charge in [0.15, 0.2) is 5.79 Å². The summed E-state index contributed by atoms with van der Waals surface area (Å²) in [6, 6.07) is 0. The van der Waals surface area contributed by atoms with Crippen LogP contribution < -0.4 is 0 Å². The summed E-state index contributed by atoms with van der Waals surface area (Å²) in [5, 5.41) is 0. The first-order valence-corrected chi connectivity index (χ1v) is 5.13. The fraction of sp³-hybridized carbons (Fsp3) is 0.909. The third-order valence-corrected chi connectivity index (χ3v) is 3.51. The van der Waals surface area contributed by atoms with E-state index in [2.05, 4.69) is 0 Å². The third-order valence-electron chi connectivity index (χ3n) is 3.51. The molecule has 1 rings (SSSR count). The topological polar surface area (TPSA) is 44.8 Å². The van der Waals surface area contributed by atoms with Crippen LogP contribution in [0.3, 0.4) is 0 Å². The predicted molar refractivity (Wildman–Crippen MR) is 55.3 cm³/mol. The molecule has 88 valence electrons. The van der Waals surface area contributed by atoms with Crippen LogP contribution >= 0.6 is 0 Å². The van der Waals surface area contributed by atoms with Crippen LogP contribution in [0.2, 0.25) is 0 Å². The minimum Gasteiger partial charge on any atom is -0.469 e. The molecular weight excluding hydrogens is 196 g/mol. The lowest BCUT2D eigenvalue weighted by Crippen LogP contribution is -2.38. The average molecular weight is 216 g/mol. The molecule has 1 aliphatic carbocycles. The Labute approximate surface area is 90.9 Å². The molecule has 0 amide bonds. The van der Waals surface area contributed by atoms with Crippen molar-refractivity contribution in [3.8, 4) is 0 Å². The van der Waals surface area contributed by atoms with E-state index in [0.29, 0.717) is 6.42 Å². The number of carbonyl (C=O) groups is 1. The monoisotopic (exact) mass is 216 g/mol. The zero-order valence-electron chi connectivity index (χ0n) is 10.1. The molecule has 0 bridgehead atoms. The second-order valence-electron chi connectivity index (χ2n) is 4.55. The summed E-state index contributed by atoms with van der Waals surface area (Å²) in [6.45, 7) is 3.93. The highest BCUT2D eigenvalue weighted by atomic mass is 16.7. The van der Waals surface area contributed by atoms with Crippen molar-refractivity contribution >= 4 is 5.97 Å². The summed E-state index contributed by atoms with van der Waals surface area (Å²) in [5.41, 5.74) is -0.500. The fourth-order valence-electron chi connectivity index (χ4n) is 2.65. The van der Waals surface area contributed by atoms with Gasteiger partial charge in [-0.15, -0.1) is 0 Å². The van der Waals surface area contributed by atoms with E-state index in [-0.39, 0.29) is 11.9 Å². The van der Waals surface area contributed by atoms with E-state index in [1.54, 1.807) is 14.2 Å². The first kappa shape index (κ1) is 12.5. The highest BCUT2D eigenvalue weighted by Crippen LogP contribution is 2.50. The van der Waals surface area contributed by atoms with Gasteiger partial charge in [0.25, 0.3) is 0 Å². The molecular formula is C11H20O4. The van der Waals surface area contributed by atoms with Crippen LogP contribution in [-0.2, 0) is 19.0 Å². The van der Waals surface area contributed by atoms with E-state index >= 15 is 0 Å². The lowest BCUT2D eigenvalue weighted by Gasteiger charge is -2.31. The van der Waals surface area contributed by atoms with Crippen molar-refractivity contribution in [1.82, 2.24) is 0 Å². The van der Waals surface area contributed by atoms with Crippen molar-refractivity contribution in [2.75, 3.05) is 21.3 Å². The Balaban J connectivity index is 2.91. The Bertz CT molecular complexity index is 247. The molecule has 1 fully saturated rings. The molecule has 0 saturated heterocycles. The van der Waals surface area contributed by atoms with Gasteiger partial charge in [0.05, 0.1) is 12.5 Å². The molecule has 4 nitrogen and oxygen atoms in total. The molecule has 1 saturated carbocycles. The molecule has 0 heterocycles. The van der Waals surface area contributed by atoms with E-state index in [1.165, 1.54) is 7.11 Å².